The molecule has 316 valence electrons. The molecule has 2 fully saturated rings. The first-order valence-corrected chi connectivity index (χ1v) is 19.2. The van der Waals surface area contributed by atoms with Gasteiger partial charge >= 0.3 is 18.4 Å². The van der Waals surface area contributed by atoms with Crippen molar-refractivity contribution in [2.45, 2.75) is 58.0 Å². The molecule has 4 aromatic rings. The van der Waals surface area contributed by atoms with E-state index in [2.05, 4.69) is 40.6 Å². The number of alkyl carbamates (subject to hydrolysis) is 2. The number of nitrogens with one attached hydrogen (secondary N) is 5. The Bertz CT molecular complexity index is 2100. The average Bonchev–Trinajstić information content (AvgIpc) is 4.04. The maximum atomic E-state index is 13.7. The molecule has 4 amide bonds. The van der Waals surface area contributed by atoms with Crippen molar-refractivity contribution >= 4 is 24.0 Å². The van der Waals surface area contributed by atoms with Crippen LogP contribution in [-0.4, -0.2) is 124 Å². The molecule has 2 aromatic heterocycles. The largest absolute Gasteiger partial charge is 0.453 e. The van der Waals surface area contributed by atoms with Crippen molar-refractivity contribution in [2.75, 3.05) is 47.2 Å². The Morgan fingerprint density at radius 1 is 0.729 bits per heavy atom. The van der Waals surface area contributed by atoms with Gasteiger partial charge in [0, 0.05) is 13.1 Å². The van der Waals surface area contributed by atoms with Gasteiger partial charge in [-0.05, 0) is 34.1 Å². The Morgan fingerprint density at radius 3 is 1.61 bits per heavy atom. The zero-order valence-electron chi connectivity index (χ0n) is 33.6. The molecular weight excluding hydrogens is 773 g/mol. The highest BCUT2D eigenvalue weighted by Gasteiger charge is 2.44. The topological polar surface area (TPSA) is 190 Å². The molecule has 4 atom stereocenters. The molecule has 2 saturated heterocycles. The van der Waals surface area contributed by atoms with E-state index in [9.17, 15) is 32.3 Å². The van der Waals surface area contributed by atoms with Gasteiger partial charge in [0.15, 0.2) is 0 Å². The lowest BCUT2D eigenvalue weighted by Gasteiger charge is -2.29. The number of rotatable bonds is 12. The molecule has 0 saturated carbocycles. The van der Waals surface area contributed by atoms with Gasteiger partial charge < -0.3 is 39.9 Å². The lowest BCUT2D eigenvalue weighted by atomic mass is 10.0. The first-order chi connectivity index (χ1) is 28.1. The Hall–Kier alpha value is -5.95. The first kappa shape index (κ1) is 42.7. The van der Waals surface area contributed by atoms with Crippen molar-refractivity contribution < 1.29 is 41.8 Å². The van der Waals surface area contributed by atoms with Gasteiger partial charge in [0.1, 0.15) is 35.8 Å². The van der Waals surface area contributed by atoms with Crippen LogP contribution in [-0.2, 0) is 19.1 Å². The van der Waals surface area contributed by atoms with Crippen LogP contribution in [0.2, 0.25) is 0 Å². The van der Waals surface area contributed by atoms with Crippen molar-refractivity contribution in [2.24, 2.45) is 11.8 Å². The molecule has 0 bridgehead atoms. The maximum Gasteiger partial charge on any atom is 0.407 e. The zero-order valence-corrected chi connectivity index (χ0v) is 33.6. The summed E-state index contributed by atoms with van der Waals surface area (Å²) in [5, 5.41) is 8.38. The lowest BCUT2D eigenvalue weighted by molar-refractivity contribution is -0.148. The minimum atomic E-state index is -4.48. The molecule has 16 nitrogen and oxygen atoms in total. The van der Waals surface area contributed by atoms with Crippen molar-refractivity contribution in [1.82, 2.24) is 50.6 Å². The third-order valence-electron chi connectivity index (χ3n) is 10.5. The number of methoxy groups -OCH3 is 2. The predicted octanol–water partition coefficient (Wildman–Crippen LogP) is 5.03. The number of nitrogens with zero attached hydrogens (tertiary/aromatic N) is 5. The minimum Gasteiger partial charge on any atom is -0.453 e. The summed E-state index contributed by atoms with van der Waals surface area (Å²) in [7, 11) is 2.42. The van der Waals surface area contributed by atoms with Gasteiger partial charge in [-0.3, -0.25) is 19.8 Å². The number of imidazole rings is 2. The third kappa shape index (κ3) is 9.85. The van der Waals surface area contributed by atoms with Gasteiger partial charge in [-0.2, -0.15) is 13.2 Å². The SMILES string of the molecule is COC(=O)N[C@H](C(=O)N1CNC[C@H]1c1ncc(-c2ccc(-c3ccc(-c4cnc([C@@H]5CN(CC(F)(F)F)CN5C(=O)[C@@H](NC(=O)OC)C(C)C)[nH]4)cc3)cc2)[nH]1)C(C)C. The van der Waals surface area contributed by atoms with Gasteiger partial charge in [-0.15, -0.1) is 0 Å². The number of hydrogen-bond acceptors (Lipinski definition) is 10. The number of benzene rings is 2. The molecular formula is C40H49F3N10O6. The number of ether oxygens (including phenoxy) is 2. The zero-order chi connectivity index (χ0) is 42.6. The molecule has 0 radical (unpaired) electrons. The highest BCUT2D eigenvalue weighted by atomic mass is 19.4. The molecule has 0 unspecified atom stereocenters. The van der Waals surface area contributed by atoms with E-state index in [1.54, 1.807) is 31.1 Å². The summed E-state index contributed by atoms with van der Waals surface area (Å²) in [6, 6.07) is 12.6. The van der Waals surface area contributed by atoms with E-state index >= 15 is 0 Å². The summed E-state index contributed by atoms with van der Waals surface area (Å²) in [5.41, 5.74) is 4.94. The van der Waals surface area contributed by atoms with E-state index in [-0.39, 0.29) is 37.0 Å². The highest BCUT2D eigenvalue weighted by molar-refractivity contribution is 5.87. The van der Waals surface area contributed by atoms with Crippen LogP contribution in [0.3, 0.4) is 0 Å². The maximum absolute atomic E-state index is 13.7. The van der Waals surface area contributed by atoms with Crippen molar-refractivity contribution in [3.8, 4) is 33.6 Å². The molecule has 0 aliphatic carbocycles. The quantitative estimate of drug-likeness (QED) is 0.130. The van der Waals surface area contributed by atoms with Crippen molar-refractivity contribution in [3.05, 3.63) is 72.6 Å². The third-order valence-corrected chi connectivity index (χ3v) is 10.5. The van der Waals surface area contributed by atoms with Crippen LogP contribution in [0, 0.1) is 11.8 Å². The van der Waals surface area contributed by atoms with Crippen molar-refractivity contribution in [1.29, 1.82) is 0 Å². The van der Waals surface area contributed by atoms with Gasteiger partial charge in [0.25, 0.3) is 0 Å². The van der Waals surface area contributed by atoms with E-state index in [0.717, 1.165) is 32.8 Å². The normalized spacial score (nSPS) is 18.3. The summed E-state index contributed by atoms with van der Waals surface area (Å²) in [6.07, 6.45) is -2.67. The van der Waals surface area contributed by atoms with Crippen LogP contribution in [0.1, 0.15) is 51.4 Å². The summed E-state index contributed by atoms with van der Waals surface area (Å²) < 4.78 is 49.7. The fourth-order valence-electron chi connectivity index (χ4n) is 7.30. The molecule has 2 aliphatic heterocycles. The Labute approximate surface area is 339 Å². The number of amides is 4. The predicted molar refractivity (Wildman–Crippen MR) is 210 cm³/mol. The number of aromatic nitrogens is 4. The first-order valence-electron chi connectivity index (χ1n) is 19.2. The molecule has 2 aromatic carbocycles. The summed E-state index contributed by atoms with van der Waals surface area (Å²) in [6.45, 7) is 6.34. The van der Waals surface area contributed by atoms with Crippen LogP contribution in [0.25, 0.3) is 33.6 Å². The van der Waals surface area contributed by atoms with E-state index in [1.807, 2.05) is 62.4 Å². The van der Waals surface area contributed by atoms with Crippen LogP contribution < -0.4 is 16.0 Å². The average molecular weight is 823 g/mol. The van der Waals surface area contributed by atoms with Gasteiger partial charge in [-0.25, -0.2) is 19.6 Å². The number of halogens is 3. The van der Waals surface area contributed by atoms with E-state index in [0.29, 0.717) is 30.6 Å². The smallest absolute Gasteiger partial charge is 0.407 e. The molecule has 6 rings (SSSR count). The van der Waals surface area contributed by atoms with Crippen LogP contribution in [0.15, 0.2) is 60.9 Å². The Morgan fingerprint density at radius 2 is 1.17 bits per heavy atom. The number of H-pyrrole nitrogens is 2. The van der Waals surface area contributed by atoms with Gasteiger partial charge in [-0.1, -0.05) is 76.2 Å². The second-order valence-electron chi connectivity index (χ2n) is 15.3. The number of carbonyl (C=O) groups excluding carboxylic acids is 4. The molecule has 0 spiro atoms. The minimum absolute atomic E-state index is 0.110. The second-order valence-corrected chi connectivity index (χ2v) is 15.3. The summed E-state index contributed by atoms with van der Waals surface area (Å²) >= 11 is 0. The number of hydrogen-bond donors (Lipinski definition) is 5. The van der Waals surface area contributed by atoms with E-state index in [4.69, 9.17) is 4.74 Å². The van der Waals surface area contributed by atoms with Crippen LogP contribution in [0.4, 0.5) is 22.8 Å². The Balaban J connectivity index is 1.14. The van der Waals surface area contributed by atoms with Crippen molar-refractivity contribution in [3.63, 3.8) is 0 Å². The molecule has 19 heteroatoms. The molecule has 5 N–H and O–H groups in total. The molecule has 4 heterocycles. The lowest BCUT2D eigenvalue weighted by Crippen LogP contribution is -2.51. The molecule has 59 heavy (non-hydrogen) atoms. The monoisotopic (exact) mass is 822 g/mol. The fourth-order valence-corrected chi connectivity index (χ4v) is 7.30. The van der Waals surface area contributed by atoms with Gasteiger partial charge in [0.05, 0.1) is 57.9 Å². The summed E-state index contributed by atoms with van der Waals surface area (Å²) in [5.74, 6) is -0.386. The standard InChI is InChI=1S/C40H49F3N10O6/c1-22(2)32(49-38(56)58-5)36(54)52-20-44-17-30(52)34-45-15-28(47-34)26-11-7-24(8-12-26)25-9-13-27(14-10-25)29-16-46-35(48-29)31-18-51(19-40(41,42)43)21-53(31)37(55)33(23(3)4)50-39(57)59-6/h7-16,22-23,30-33,44H,17-21H2,1-6H3,(H,45,47)(H,46,48)(H,49,56)(H,50,57)/t30-,31-,32-,33-/m0/s1. The molecule has 2 aliphatic rings. The fraction of sp³-hybridized carbons (Fsp3) is 0.450. The number of alkyl halides is 3. The van der Waals surface area contributed by atoms with Gasteiger partial charge in [0.2, 0.25) is 11.8 Å². The Kier molecular flexibility index (Phi) is 12.9. The van der Waals surface area contributed by atoms with Crippen LogP contribution in [0.5, 0.6) is 0 Å². The number of carbonyl (C=O) groups is 4. The summed E-state index contributed by atoms with van der Waals surface area (Å²) in [4.78, 5) is 70.9. The van der Waals surface area contributed by atoms with Crippen LogP contribution >= 0.6 is 0 Å². The number of aromatic amines is 2. The highest BCUT2D eigenvalue weighted by Crippen LogP contribution is 2.33. The van der Waals surface area contributed by atoms with E-state index in [1.165, 1.54) is 19.1 Å². The van der Waals surface area contributed by atoms with E-state index < -0.39 is 48.9 Å². The second kappa shape index (κ2) is 17.9.